The highest BCUT2D eigenvalue weighted by Gasteiger charge is 2.52. The maximum atomic E-state index is 11.5. The molecule has 0 aromatic carbocycles. The van der Waals surface area contributed by atoms with E-state index in [4.69, 9.17) is 14.0 Å². The summed E-state index contributed by atoms with van der Waals surface area (Å²) in [5.74, 6) is 0.443. The van der Waals surface area contributed by atoms with Crippen LogP contribution in [0.3, 0.4) is 0 Å². The molecule has 0 atom stereocenters. The number of hydrogen-bond acceptors (Lipinski definition) is 5. The molecule has 1 aliphatic heterocycles. The quantitative estimate of drug-likeness (QED) is 0.620. The first kappa shape index (κ1) is 15.0. The zero-order chi connectivity index (χ0) is 15.1. The fourth-order valence-corrected chi connectivity index (χ4v) is 1.98. The van der Waals surface area contributed by atoms with Crippen LogP contribution in [0.1, 0.15) is 45.1 Å². The first-order valence-corrected chi connectivity index (χ1v) is 6.58. The highest BCUT2D eigenvalue weighted by molar-refractivity contribution is 6.63. The van der Waals surface area contributed by atoms with Crippen LogP contribution in [-0.2, 0) is 9.31 Å². The first-order chi connectivity index (χ1) is 9.18. The Kier molecular flexibility index (Phi) is 3.65. The fraction of sp³-hybridized carbons (Fsp3) is 0.571. The molecule has 1 aliphatic rings. The Balaban J connectivity index is 2.43. The summed E-state index contributed by atoms with van der Waals surface area (Å²) in [6, 6.07) is 1.67. The summed E-state index contributed by atoms with van der Waals surface area (Å²) < 4.78 is 17.3. The van der Waals surface area contributed by atoms with Crippen molar-refractivity contribution in [2.45, 2.75) is 45.8 Å². The lowest BCUT2D eigenvalue weighted by Crippen LogP contribution is -2.41. The molecule has 1 aromatic rings. The van der Waals surface area contributed by atoms with E-state index in [9.17, 15) is 4.79 Å². The number of carbonyl (C=O) groups excluding carboxylic acids is 1. The molecule has 0 radical (unpaired) electrons. The Labute approximate surface area is 119 Å². The van der Waals surface area contributed by atoms with Crippen LogP contribution in [-0.4, -0.2) is 36.2 Å². The van der Waals surface area contributed by atoms with E-state index in [1.54, 1.807) is 13.2 Å². The fourth-order valence-electron chi connectivity index (χ4n) is 1.98. The second-order valence-electron chi connectivity index (χ2n) is 5.96. The SMILES string of the molecule is COc1cnc(C(C)=O)cc1B1OC(C)(C)C(C)(C)O1. The Morgan fingerprint density at radius 1 is 1.25 bits per heavy atom. The number of ketones is 1. The smallest absolute Gasteiger partial charge is 0.496 e. The maximum absolute atomic E-state index is 11.5. The minimum absolute atomic E-state index is 0.106. The monoisotopic (exact) mass is 277 g/mol. The van der Waals surface area contributed by atoms with Gasteiger partial charge in [-0.1, -0.05) is 0 Å². The summed E-state index contributed by atoms with van der Waals surface area (Å²) in [6.45, 7) is 9.39. The number of hydrogen-bond donors (Lipinski definition) is 0. The van der Waals surface area contributed by atoms with Gasteiger partial charge in [0.1, 0.15) is 11.4 Å². The predicted molar refractivity (Wildman–Crippen MR) is 76.5 cm³/mol. The summed E-state index contributed by atoms with van der Waals surface area (Å²) in [5, 5.41) is 0. The molecule has 1 saturated heterocycles. The van der Waals surface area contributed by atoms with Crippen molar-refractivity contribution in [3.05, 3.63) is 18.0 Å². The molecular weight excluding hydrogens is 257 g/mol. The Bertz CT molecular complexity index is 526. The van der Waals surface area contributed by atoms with Gasteiger partial charge in [-0.05, 0) is 33.8 Å². The van der Waals surface area contributed by atoms with Crippen molar-refractivity contribution in [1.29, 1.82) is 0 Å². The summed E-state index contributed by atoms with van der Waals surface area (Å²) >= 11 is 0. The van der Waals surface area contributed by atoms with E-state index >= 15 is 0 Å². The number of rotatable bonds is 3. The van der Waals surface area contributed by atoms with E-state index in [1.807, 2.05) is 27.7 Å². The van der Waals surface area contributed by atoms with Gasteiger partial charge in [-0.2, -0.15) is 0 Å². The molecule has 108 valence electrons. The molecule has 0 spiro atoms. The lowest BCUT2D eigenvalue weighted by atomic mass is 9.78. The summed E-state index contributed by atoms with van der Waals surface area (Å²) in [6.07, 6.45) is 1.52. The third-order valence-electron chi connectivity index (χ3n) is 3.99. The molecule has 6 heteroatoms. The van der Waals surface area contributed by atoms with Crippen LogP contribution in [0.5, 0.6) is 5.75 Å². The molecule has 0 bridgehead atoms. The molecule has 1 fully saturated rings. The van der Waals surface area contributed by atoms with Gasteiger partial charge in [0.2, 0.25) is 0 Å². The summed E-state index contributed by atoms with van der Waals surface area (Å²) in [4.78, 5) is 15.6. The Morgan fingerprint density at radius 2 is 1.80 bits per heavy atom. The van der Waals surface area contributed by atoms with Crippen molar-refractivity contribution in [3.8, 4) is 5.75 Å². The second kappa shape index (κ2) is 4.86. The Hall–Kier alpha value is -1.40. The molecule has 1 aromatic heterocycles. The van der Waals surface area contributed by atoms with Gasteiger partial charge in [0, 0.05) is 12.4 Å². The van der Waals surface area contributed by atoms with E-state index in [0.717, 1.165) is 0 Å². The number of Topliss-reactive ketones (excluding diaryl/α,β-unsaturated/α-hetero) is 1. The minimum Gasteiger partial charge on any atom is -0.496 e. The Morgan fingerprint density at radius 3 is 2.25 bits per heavy atom. The second-order valence-corrected chi connectivity index (χ2v) is 5.96. The number of nitrogens with zero attached hydrogens (tertiary/aromatic N) is 1. The third-order valence-corrected chi connectivity index (χ3v) is 3.99. The van der Waals surface area contributed by atoms with Crippen molar-refractivity contribution in [2.75, 3.05) is 7.11 Å². The average Bonchev–Trinajstić information content (AvgIpc) is 2.57. The van der Waals surface area contributed by atoms with Crippen LogP contribution in [0.4, 0.5) is 0 Å². The topological polar surface area (TPSA) is 57.7 Å². The number of ether oxygens (including phenoxy) is 1. The van der Waals surface area contributed by atoms with Crippen LogP contribution in [0, 0.1) is 0 Å². The molecule has 20 heavy (non-hydrogen) atoms. The molecule has 0 amide bonds. The van der Waals surface area contributed by atoms with Gasteiger partial charge in [0.25, 0.3) is 0 Å². The lowest BCUT2D eigenvalue weighted by molar-refractivity contribution is 0.00578. The van der Waals surface area contributed by atoms with Gasteiger partial charge in [0.15, 0.2) is 5.78 Å². The van der Waals surface area contributed by atoms with Crippen molar-refractivity contribution in [1.82, 2.24) is 4.98 Å². The first-order valence-electron chi connectivity index (χ1n) is 6.58. The summed E-state index contributed by atoms with van der Waals surface area (Å²) in [5.41, 5.74) is 0.173. The van der Waals surface area contributed by atoms with E-state index in [1.165, 1.54) is 13.1 Å². The van der Waals surface area contributed by atoms with E-state index in [-0.39, 0.29) is 5.78 Å². The van der Waals surface area contributed by atoms with Gasteiger partial charge >= 0.3 is 7.12 Å². The van der Waals surface area contributed by atoms with Gasteiger partial charge in [-0.3, -0.25) is 4.79 Å². The number of pyridine rings is 1. The number of carbonyl (C=O) groups is 1. The van der Waals surface area contributed by atoms with E-state index in [0.29, 0.717) is 16.9 Å². The van der Waals surface area contributed by atoms with Crippen LogP contribution < -0.4 is 10.2 Å². The molecule has 2 heterocycles. The summed E-state index contributed by atoms with van der Waals surface area (Å²) in [7, 11) is 0.982. The van der Waals surface area contributed by atoms with Gasteiger partial charge in [-0.25, -0.2) is 4.98 Å². The predicted octanol–water partition coefficient (Wildman–Crippen LogP) is 1.59. The van der Waals surface area contributed by atoms with Crippen molar-refractivity contribution < 1.29 is 18.8 Å². The number of aromatic nitrogens is 1. The molecule has 2 rings (SSSR count). The highest BCUT2D eigenvalue weighted by Crippen LogP contribution is 2.37. The van der Waals surface area contributed by atoms with Gasteiger partial charge < -0.3 is 14.0 Å². The lowest BCUT2D eigenvalue weighted by Gasteiger charge is -2.32. The van der Waals surface area contributed by atoms with E-state index < -0.39 is 18.3 Å². The highest BCUT2D eigenvalue weighted by atomic mass is 16.7. The molecule has 0 N–H and O–H groups in total. The average molecular weight is 277 g/mol. The molecule has 0 aliphatic carbocycles. The van der Waals surface area contributed by atoms with Gasteiger partial charge in [-0.15, -0.1) is 0 Å². The third kappa shape index (κ3) is 2.45. The van der Waals surface area contributed by atoms with E-state index in [2.05, 4.69) is 4.98 Å². The zero-order valence-electron chi connectivity index (χ0n) is 12.8. The molecular formula is C14H20BNO4. The van der Waals surface area contributed by atoms with Crippen LogP contribution in [0.2, 0.25) is 0 Å². The molecule has 5 nitrogen and oxygen atoms in total. The maximum Gasteiger partial charge on any atom is 0.498 e. The standard InChI is InChI=1S/C14H20BNO4/c1-9(17)11-7-10(12(18-6)8-16-11)15-19-13(2,3)14(4,5)20-15/h7-8H,1-6H3. The van der Waals surface area contributed by atoms with Crippen molar-refractivity contribution in [2.24, 2.45) is 0 Å². The normalized spacial score (nSPS) is 20.0. The largest absolute Gasteiger partial charge is 0.498 e. The molecule has 0 saturated carbocycles. The van der Waals surface area contributed by atoms with Crippen LogP contribution >= 0.6 is 0 Å². The van der Waals surface area contributed by atoms with Crippen molar-refractivity contribution >= 4 is 18.4 Å². The van der Waals surface area contributed by atoms with Gasteiger partial charge in [0.05, 0.1) is 24.5 Å². The van der Waals surface area contributed by atoms with Crippen molar-refractivity contribution in [3.63, 3.8) is 0 Å². The van der Waals surface area contributed by atoms with Crippen LogP contribution in [0.15, 0.2) is 12.3 Å². The number of methoxy groups -OCH3 is 1. The molecule has 0 unspecified atom stereocenters. The zero-order valence-corrected chi connectivity index (χ0v) is 12.8. The van der Waals surface area contributed by atoms with Crippen LogP contribution in [0.25, 0.3) is 0 Å². The minimum atomic E-state index is -0.573.